The number of nitrogens with one attached hydrogen (secondary N) is 1. The van der Waals surface area contributed by atoms with Crippen molar-refractivity contribution in [3.63, 3.8) is 0 Å². The molecule has 40 heavy (non-hydrogen) atoms. The van der Waals surface area contributed by atoms with Gasteiger partial charge in [-0.15, -0.1) is 8.78 Å². The van der Waals surface area contributed by atoms with Crippen LogP contribution in [0.2, 0.25) is 0 Å². The molecular formula is C29H33F3N2O6. The van der Waals surface area contributed by atoms with Crippen LogP contribution >= 0.6 is 0 Å². The van der Waals surface area contributed by atoms with E-state index in [1.807, 2.05) is 27.7 Å². The number of carbonyl (C=O) groups is 1. The van der Waals surface area contributed by atoms with Gasteiger partial charge in [-0.05, 0) is 68.5 Å². The van der Waals surface area contributed by atoms with Gasteiger partial charge >= 0.3 is 6.29 Å². The number of ether oxygens (including phenoxy) is 4. The van der Waals surface area contributed by atoms with E-state index in [0.717, 1.165) is 5.56 Å². The molecule has 0 aromatic heterocycles. The van der Waals surface area contributed by atoms with E-state index in [4.69, 9.17) is 9.47 Å². The molecule has 6 rings (SSSR count). The third kappa shape index (κ3) is 4.67. The number of anilines is 2. The second-order valence-corrected chi connectivity index (χ2v) is 12.3. The summed E-state index contributed by atoms with van der Waals surface area (Å²) >= 11 is 0. The van der Waals surface area contributed by atoms with E-state index in [0.29, 0.717) is 43.7 Å². The molecule has 1 amide bonds. The number of hydrogen-bond acceptors (Lipinski definition) is 7. The Labute approximate surface area is 230 Å². The van der Waals surface area contributed by atoms with Gasteiger partial charge in [0.25, 0.3) is 0 Å². The van der Waals surface area contributed by atoms with Gasteiger partial charge < -0.3 is 34.3 Å². The van der Waals surface area contributed by atoms with Crippen LogP contribution in [0, 0.1) is 11.2 Å². The lowest BCUT2D eigenvalue weighted by Gasteiger charge is -2.39. The largest absolute Gasteiger partial charge is 0.586 e. The maximum absolute atomic E-state index is 15.5. The standard InChI is InChI=1S/C29H33F3N2O6/c1-26(2,15-35)24-10-16-9-20(19(30)12-21(16)34(24)13-18-14-37-27(3,4)38-18)33-25(36)28(7-8-28)17-5-6-22-23(11-17)40-29(31,32)39-22/h5-6,9,11-12,18,24,35H,7-8,10,13-15H2,1-4H3,(H,33,36)/t18-,24?/m0/s1. The average Bonchev–Trinajstić information content (AvgIpc) is 3.39. The minimum atomic E-state index is -3.75. The van der Waals surface area contributed by atoms with E-state index in [2.05, 4.69) is 19.7 Å². The quantitative estimate of drug-likeness (QED) is 0.505. The predicted octanol–water partition coefficient (Wildman–Crippen LogP) is 4.72. The third-order valence-corrected chi connectivity index (χ3v) is 8.43. The maximum atomic E-state index is 15.5. The van der Waals surface area contributed by atoms with Crippen molar-refractivity contribution >= 4 is 17.3 Å². The highest BCUT2D eigenvalue weighted by Gasteiger charge is 2.53. The molecule has 0 spiro atoms. The van der Waals surface area contributed by atoms with Crippen LogP contribution in [0.5, 0.6) is 11.5 Å². The molecule has 1 unspecified atom stereocenters. The second kappa shape index (κ2) is 8.99. The summed E-state index contributed by atoms with van der Waals surface area (Å²) < 4.78 is 63.2. The van der Waals surface area contributed by atoms with Crippen molar-refractivity contribution < 1.29 is 42.0 Å². The van der Waals surface area contributed by atoms with Crippen LogP contribution in [-0.2, 0) is 26.1 Å². The summed E-state index contributed by atoms with van der Waals surface area (Å²) in [4.78, 5) is 15.5. The van der Waals surface area contributed by atoms with Gasteiger partial charge in [-0.3, -0.25) is 4.79 Å². The first-order valence-electron chi connectivity index (χ1n) is 13.5. The van der Waals surface area contributed by atoms with Crippen LogP contribution in [0.25, 0.3) is 0 Å². The highest BCUT2D eigenvalue weighted by Crippen LogP contribution is 2.52. The fourth-order valence-corrected chi connectivity index (χ4v) is 5.98. The van der Waals surface area contributed by atoms with Crippen LogP contribution in [0.3, 0.4) is 0 Å². The van der Waals surface area contributed by atoms with Crippen molar-refractivity contribution in [2.75, 3.05) is 30.0 Å². The van der Waals surface area contributed by atoms with E-state index in [9.17, 15) is 18.7 Å². The number of nitrogens with zero attached hydrogens (tertiary/aromatic N) is 1. The number of hydrogen-bond donors (Lipinski definition) is 2. The fraction of sp³-hybridized carbons (Fsp3) is 0.552. The molecule has 216 valence electrons. The minimum absolute atomic E-state index is 0.0475. The van der Waals surface area contributed by atoms with Crippen molar-refractivity contribution in [3.05, 3.63) is 47.3 Å². The van der Waals surface area contributed by atoms with E-state index in [1.54, 1.807) is 12.1 Å². The second-order valence-electron chi connectivity index (χ2n) is 12.3. The summed E-state index contributed by atoms with van der Waals surface area (Å²) in [5.74, 6) is -1.95. The van der Waals surface area contributed by atoms with Crippen LogP contribution in [-0.4, -0.2) is 55.0 Å². The Morgan fingerprint density at radius 1 is 1.15 bits per heavy atom. The number of alkyl halides is 2. The van der Waals surface area contributed by atoms with Crippen molar-refractivity contribution in [2.45, 2.75) is 76.6 Å². The van der Waals surface area contributed by atoms with Gasteiger partial charge in [-0.25, -0.2) is 4.39 Å². The van der Waals surface area contributed by atoms with Gasteiger partial charge in [0.2, 0.25) is 5.91 Å². The normalized spacial score (nSPS) is 25.1. The minimum Gasteiger partial charge on any atom is -0.396 e. The Balaban J connectivity index is 1.25. The molecule has 1 saturated carbocycles. The molecule has 2 aromatic rings. The fourth-order valence-electron chi connectivity index (χ4n) is 5.98. The lowest BCUT2D eigenvalue weighted by Crippen LogP contribution is -2.48. The first-order valence-corrected chi connectivity index (χ1v) is 13.5. The summed E-state index contributed by atoms with van der Waals surface area (Å²) in [6.07, 6.45) is -2.46. The molecule has 2 fully saturated rings. The zero-order chi connectivity index (χ0) is 28.7. The van der Waals surface area contributed by atoms with Crippen molar-refractivity contribution in [3.8, 4) is 11.5 Å². The number of rotatable bonds is 7. The highest BCUT2D eigenvalue weighted by molar-refractivity contribution is 6.02. The molecule has 0 radical (unpaired) electrons. The highest BCUT2D eigenvalue weighted by atomic mass is 19.3. The zero-order valence-corrected chi connectivity index (χ0v) is 22.9. The van der Waals surface area contributed by atoms with E-state index < -0.39 is 34.6 Å². The van der Waals surface area contributed by atoms with Crippen LogP contribution in [0.15, 0.2) is 30.3 Å². The lowest BCUT2D eigenvalue weighted by atomic mass is 9.83. The number of fused-ring (bicyclic) bond motifs is 2. The monoisotopic (exact) mass is 562 g/mol. The van der Waals surface area contributed by atoms with Gasteiger partial charge in [0.1, 0.15) is 11.9 Å². The number of amides is 1. The number of halogens is 3. The molecule has 0 bridgehead atoms. The molecule has 3 aliphatic heterocycles. The summed E-state index contributed by atoms with van der Waals surface area (Å²) in [7, 11) is 0. The first kappa shape index (κ1) is 27.2. The SMILES string of the molecule is CC1(C)OC[C@H](CN2c3cc(F)c(NC(=O)C4(c5ccc6c(c5)OC(F)(F)O6)CC4)cc3CC2C(C)(C)CO)O1. The van der Waals surface area contributed by atoms with Crippen LogP contribution in [0.4, 0.5) is 24.5 Å². The molecule has 2 aromatic carbocycles. The molecular weight excluding hydrogens is 529 g/mol. The molecule has 2 atom stereocenters. The summed E-state index contributed by atoms with van der Waals surface area (Å²) in [5, 5.41) is 12.9. The summed E-state index contributed by atoms with van der Waals surface area (Å²) in [6.45, 7) is 8.42. The summed E-state index contributed by atoms with van der Waals surface area (Å²) in [5.41, 5.74) is 0.615. The van der Waals surface area contributed by atoms with Crippen molar-refractivity contribution in [1.29, 1.82) is 0 Å². The first-order chi connectivity index (χ1) is 18.7. The molecule has 11 heteroatoms. The molecule has 1 aliphatic carbocycles. The molecule has 2 N–H and O–H groups in total. The topological polar surface area (TPSA) is 89.5 Å². The van der Waals surface area contributed by atoms with E-state index in [1.165, 1.54) is 18.2 Å². The Morgan fingerprint density at radius 3 is 2.52 bits per heavy atom. The van der Waals surface area contributed by atoms with Crippen molar-refractivity contribution in [2.24, 2.45) is 5.41 Å². The van der Waals surface area contributed by atoms with E-state index >= 15 is 4.39 Å². The number of aliphatic hydroxyl groups excluding tert-OH is 1. The van der Waals surface area contributed by atoms with Crippen LogP contribution < -0.4 is 19.7 Å². The van der Waals surface area contributed by atoms with Gasteiger partial charge in [0.05, 0.1) is 24.3 Å². The molecule has 8 nitrogen and oxygen atoms in total. The molecule has 1 saturated heterocycles. The Morgan fingerprint density at radius 2 is 1.88 bits per heavy atom. The Bertz CT molecular complexity index is 1360. The van der Waals surface area contributed by atoms with E-state index in [-0.39, 0.29) is 35.9 Å². The zero-order valence-electron chi connectivity index (χ0n) is 22.9. The van der Waals surface area contributed by atoms with Crippen molar-refractivity contribution in [1.82, 2.24) is 0 Å². The Kier molecular flexibility index (Phi) is 6.11. The average molecular weight is 563 g/mol. The van der Waals surface area contributed by atoms with Gasteiger partial charge in [-0.1, -0.05) is 19.9 Å². The smallest absolute Gasteiger partial charge is 0.396 e. The number of carbonyl (C=O) groups excluding carboxylic acids is 1. The van der Waals surface area contributed by atoms with Crippen LogP contribution in [0.1, 0.15) is 51.7 Å². The Hall–Kier alpha value is -3.02. The number of aliphatic hydroxyl groups is 1. The molecule has 4 aliphatic rings. The summed E-state index contributed by atoms with van der Waals surface area (Å²) in [6, 6.07) is 7.23. The maximum Gasteiger partial charge on any atom is 0.586 e. The number of benzene rings is 2. The van der Waals surface area contributed by atoms with Gasteiger partial charge in [0.15, 0.2) is 17.3 Å². The van der Waals surface area contributed by atoms with Gasteiger partial charge in [0, 0.05) is 23.7 Å². The third-order valence-electron chi connectivity index (χ3n) is 8.43. The lowest BCUT2D eigenvalue weighted by molar-refractivity contribution is -0.286. The predicted molar refractivity (Wildman–Crippen MR) is 139 cm³/mol. The molecule has 3 heterocycles. The van der Waals surface area contributed by atoms with Gasteiger partial charge in [-0.2, -0.15) is 0 Å².